The molecule has 0 aliphatic heterocycles. The summed E-state index contributed by atoms with van der Waals surface area (Å²) in [5.74, 6) is 0.178. The van der Waals surface area contributed by atoms with Gasteiger partial charge in [-0.25, -0.2) is 9.97 Å². The predicted octanol–water partition coefficient (Wildman–Crippen LogP) is 2.09. The number of hydrogen-bond donors (Lipinski definition) is 1. The van der Waals surface area contributed by atoms with Gasteiger partial charge in [0, 0.05) is 30.7 Å². The van der Waals surface area contributed by atoms with Crippen LogP contribution in [0.2, 0.25) is 0 Å². The second-order valence-corrected chi connectivity index (χ2v) is 4.29. The van der Waals surface area contributed by atoms with Crippen LogP contribution < -0.4 is 5.73 Å². The van der Waals surface area contributed by atoms with Gasteiger partial charge in [-0.3, -0.25) is 10.1 Å². The molecule has 2 aromatic rings. The molecule has 1 aromatic heterocycles. The molecule has 0 saturated carbocycles. The SMILES string of the molecule is CCOCCCc1nc(N)nc2ccc([N+](=O)[O-])cc12. The third kappa shape index (κ3) is 3.18. The third-order valence-corrected chi connectivity index (χ3v) is 2.89. The molecule has 0 spiro atoms. The van der Waals surface area contributed by atoms with E-state index < -0.39 is 4.92 Å². The van der Waals surface area contributed by atoms with E-state index in [-0.39, 0.29) is 11.6 Å². The van der Waals surface area contributed by atoms with Crippen molar-refractivity contribution in [2.24, 2.45) is 0 Å². The molecule has 1 aromatic carbocycles. The molecule has 7 nitrogen and oxygen atoms in total. The monoisotopic (exact) mass is 276 g/mol. The van der Waals surface area contributed by atoms with E-state index >= 15 is 0 Å². The van der Waals surface area contributed by atoms with Crippen LogP contribution in [0.15, 0.2) is 18.2 Å². The van der Waals surface area contributed by atoms with Gasteiger partial charge >= 0.3 is 0 Å². The summed E-state index contributed by atoms with van der Waals surface area (Å²) < 4.78 is 5.28. The number of non-ortho nitro benzene ring substituents is 1. The van der Waals surface area contributed by atoms with Gasteiger partial charge in [-0.1, -0.05) is 0 Å². The van der Waals surface area contributed by atoms with E-state index in [0.29, 0.717) is 30.5 Å². The molecule has 106 valence electrons. The number of rotatable bonds is 6. The van der Waals surface area contributed by atoms with Gasteiger partial charge in [-0.2, -0.15) is 0 Å². The second kappa shape index (κ2) is 6.25. The third-order valence-electron chi connectivity index (χ3n) is 2.89. The Morgan fingerprint density at radius 1 is 1.40 bits per heavy atom. The molecule has 0 aliphatic rings. The minimum Gasteiger partial charge on any atom is -0.382 e. The first-order chi connectivity index (χ1) is 9.61. The highest BCUT2D eigenvalue weighted by Crippen LogP contribution is 2.23. The average Bonchev–Trinajstić information content (AvgIpc) is 2.42. The Morgan fingerprint density at radius 3 is 2.90 bits per heavy atom. The first kappa shape index (κ1) is 14.1. The summed E-state index contributed by atoms with van der Waals surface area (Å²) in [7, 11) is 0. The van der Waals surface area contributed by atoms with Crippen molar-refractivity contribution in [1.82, 2.24) is 9.97 Å². The van der Waals surface area contributed by atoms with Crippen molar-refractivity contribution in [3.05, 3.63) is 34.0 Å². The van der Waals surface area contributed by atoms with Gasteiger partial charge < -0.3 is 10.5 Å². The predicted molar refractivity (Wildman–Crippen MR) is 75.4 cm³/mol. The van der Waals surface area contributed by atoms with Crippen molar-refractivity contribution < 1.29 is 9.66 Å². The van der Waals surface area contributed by atoms with Gasteiger partial charge in [-0.05, 0) is 25.8 Å². The summed E-state index contributed by atoms with van der Waals surface area (Å²) in [6, 6.07) is 4.50. The molecular formula is C13H16N4O3. The van der Waals surface area contributed by atoms with Crippen molar-refractivity contribution >= 4 is 22.5 Å². The number of benzene rings is 1. The maximum atomic E-state index is 10.8. The smallest absolute Gasteiger partial charge is 0.270 e. The Morgan fingerprint density at radius 2 is 2.20 bits per heavy atom. The zero-order chi connectivity index (χ0) is 14.5. The highest BCUT2D eigenvalue weighted by atomic mass is 16.6. The van der Waals surface area contributed by atoms with Gasteiger partial charge in [0.2, 0.25) is 5.95 Å². The number of ether oxygens (including phenoxy) is 1. The summed E-state index contributed by atoms with van der Waals surface area (Å²) in [6.07, 6.45) is 1.42. The Bertz CT molecular complexity index is 630. The summed E-state index contributed by atoms with van der Waals surface area (Å²) in [5.41, 5.74) is 7.03. The van der Waals surface area contributed by atoms with Crippen LogP contribution in [0.1, 0.15) is 19.0 Å². The van der Waals surface area contributed by atoms with E-state index in [2.05, 4.69) is 9.97 Å². The van der Waals surface area contributed by atoms with Gasteiger partial charge in [0.15, 0.2) is 0 Å². The molecule has 2 rings (SSSR count). The molecule has 0 aliphatic carbocycles. The van der Waals surface area contributed by atoms with Crippen LogP contribution >= 0.6 is 0 Å². The summed E-state index contributed by atoms with van der Waals surface area (Å²) in [6.45, 7) is 3.22. The summed E-state index contributed by atoms with van der Waals surface area (Å²) in [5, 5.41) is 11.5. The minimum absolute atomic E-state index is 0.0249. The van der Waals surface area contributed by atoms with Crippen LogP contribution in [0, 0.1) is 10.1 Å². The lowest BCUT2D eigenvalue weighted by Crippen LogP contribution is -2.03. The standard InChI is InChI=1S/C13H16N4O3/c1-2-20-7-3-4-11-10-8-9(17(18)19)5-6-12(10)16-13(14)15-11/h5-6,8H,2-4,7H2,1H3,(H2,14,15,16). The molecule has 0 unspecified atom stereocenters. The zero-order valence-electron chi connectivity index (χ0n) is 11.2. The molecule has 0 amide bonds. The molecule has 0 bridgehead atoms. The molecular weight excluding hydrogens is 260 g/mol. The molecule has 0 radical (unpaired) electrons. The fourth-order valence-electron chi connectivity index (χ4n) is 1.99. The largest absolute Gasteiger partial charge is 0.382 e. The number of nitro benzene ring substituents is 1. The van der Waals surface area contributed by atoms with Crippen LogP contribution in [-0.4, -0.2) is 28.1 Å². The second-order valence-electron chi connectivity index (χ2n) is 4.29. The number of nitrogens with two attached hydrogens (primary N) is 1. The Kier molecular flexibility index (Phi) is 4.41. The lowest BCUT2D eigenvalue weighted by atomic mass is 10.1. The van der Waals surface area contributed by atoms with E-state index in [1.54, 1.807) is 6.07 Å². The number of nitrogens with zero attached hydrogens (tertiary/aromatic N) is 3. The van der Waals surface area contributed by atoms with E-state index in [0.717, 1.165) is 12.1 Å². The molecule has 1 heterocycles. The molecule has 0 saturated heterocycles. The number of aryl methyl sites for hydroxylation is 1. The van der Waals surface area contributed by atoms with Crippen molar-refractivity contribution in [1.29, 1.82) is 0 Å². The van der Waals surface area contributed by atoms with Crippen LogP contribution in [0.4, 0.5) is 11.6 Å². The van der Waals surface area contributed by atoms with Crippen molar-refractivity contribution in [2.45, 2.75) is 19.8 Å². The average molecular weight is 276 g/mol. The Hall–Kier alpha value is -2.28. The van der Waals surface area contributed by atoms with Gasteiger partial charge in [-0.15, -0.1) is 0 Å². The normalized spacial score (nSPS) is 10.8. The van der Waals surface area contributed by atoms with Crippen molar-refractivity contribution in [3.8, 4) is 0 Å². The molecule has 20 heavy (non-hydrogen) atoms. The molecule has 2 N–H and O–H groups in total. The fraction of sp³-hybridized carbons (Fsp3) is 0.385. The number of fused-ring (bicyclic) bond motifs is 1. The van der Waals surface area contributed by atoms with Crippen LogP contribution in [0.5, 0.6) is 0 Å². The van der Waals surface area contributed by atoms with Crippen molar-refractivity contribution in [2.75, 3.05) is 18.9 Å². The minimum atomic E-state index is -0.431. The van der Waals surface area contributed by atoms with Crippen LogP contribution in [0.25, 0.3) is 10.9 Å². The maximum absolute atomic E-state index is 10.8. The molecule has 7 heteroatoms. The lowest BCUT2D eigenvalue weighted by Gasteiger charge is -2.07. The summed E-state index contributed by atoms with van der Waals surface area (Å²) in [4.78, 5) is 18.7. The molecule has 0 fully saturated rings. The topological polar surface area (TPSA) is 104 Å². The first-order valence-corrected chi connectivity index (χ1v) is 6.40. The van der Waals surface area contributed by atoms with E-state index in [1.165, 1.54) is 12.1 Å². The van der Waals surface area contributed by atoms with Gasteiger partial charge in [0.1, 0.15) is 0 Å². The fourth-order valence-corrected chi connectivity index (χ4v) is 1.99. The number of nitrogen functional groups attached to an aromatic ring is 1. The number of aromatic nitrogens is 2. The Labute approximate surface area is 115 Å². The quantitative estimate of drug-likeness (QED) is 0.492. The van der Waals surface area contributed by atoms with Crippen LogP contribution in [0.3, 0.4) is 0 Å². The maximum Gasteiger partial charge on any atom is 0.270 e. The highest BCUT2D eigenvalue weighted by Gasteiger charge is 2.11. The Balaban J connectivity index is 2.34. The number of nitro groups is 1. The lowest BCUT2D eigenvalue weighted by molar-refractivity contribution is -0.384. The number of anilines is 1. The van der Waals surface area contributed by atoms with Crippen molar-refractivity contribution in [3.63, 3.8) is 0 Å². The zero-order valence-corrected chi connectivity index (χ0v) is 11.2. The number of hydrogen-bond acceptors (Lipinski definition) is 6. The van der Waals surface area contributed by atoms with E-state index in [1.807, 2.05) is 6.92 Å². The molecule has 0 atom stereocenters. The van der Waals surface area contributed by atoms with Gasteiger partial charge in [0.05, 0.1) is 16.1 Å². The highest BCUT2D eigenvalue weighted by molar-refractivity contribution is 5.84. The van der Waals surface area contributed by atoms with E-state index in [4.69, 9.17) is 10.5 Å². The first-order valence-electron chi connectivity index (χ1n) is 6.40. The summed E-state index contributed by atoms with van der Waals surface area (Å²) >= 11 is 0. The van der Waals surface area contributed by atoms with Gasteiger partial charge in [0.25, 0.3) is 5.69 Å². The van der Waals surface area contributed by atoms with E-state index in [9.17, 15) is 10.1 Å². The van der Waals surface area contributed by atoms with Crippen LogP contribution in [-0.2, 0) is 11.2 Å².